The molecule has 0 unspecified atom stereocenters. The number of likely N-dealkylation sites (tertiary alicyclic amines) is 1. The normalized spacial score (nSPS) is 20.8. The summed E-state index contributed by atoms with van der Waals surface area (Å²) in [5.74, 6) is -2.58. The first-order valence-electron chi connectivity index (χ1n) is 10.3. The molecular weight excluding hydrogens is 399 g/mol. The van der Waals surface area contributed by atoms with E-state index in [9.17, 15) is 23.9 Å². The Morgan fingerprint density at radius 2 is 1.84 bits per heavy atom. The largest absolute Gasteiger partial charge is 0.480 e. The lowest BCUT2D eigenvalue weighted by Crippen LogP contribution is -2.45. The number of fused-ring (bicyclic) bond motifs is 3. The Hall–Kier alpha value is -3.22. The molecule has 0 saturated carbocycles. The van der Waals surface area contributed by atoms with Crippen LogP contribution in [0.25, 0.3) is 11.1 Å². The van der Waals surface area contributed by atoms with Crippen LogP contribution in [0.1, 0.15) is 41.8 Å². The number of benzene rings is 2. The number of nitrogens with zero attached hydrogens (tertiary/aromatic N) is 1. The molecule has 6 nitrogen and oxygen atoms in total. The maximum atomic E-state index is 13.0. The summed E-state index contributed by atoms with van der Waals surface area (Å²) in [5.41, 5.74) is 4.69. The van der Waals surface area contributed by atoms with Crippen molar-refractivity contribution in [2.24, 2.45) is 5.92 Å². The van der Waals surface area contributed by atoms with Crippen LogP contribution in [0.5, 0.6) is 0 Å². The molecule has 162 valence electrons. The first-order chi connectivity index (χ1) is 14.7. The predicted octanol–water partition coefficient (Wildman–Crippen LogP) is 2.99. The van der Waals surface area contributed by atoms with Crippen molar-refractivity contribution in [3.05, 3.63) is 59.2 Å². The molecule has 0 radical (unpaired) electrons. The van der Waals surface area contributed by atoms with Crippen molar-refractivity contribution in [2.45, 2.75) is 31.7 Å². The molecule has 2 amide bonds. The Labute approximate surface area is 180 Å². The van der Waals surface area contributed by atoms with E-state index in [1.807, 2.05) is 30.3 Å². The first-order valence-corrected chi connectivity index (χ1v) is 10.3. The van der Waals surface area contributed by atoms with Crippen molar-refractivity contribution in [1.29, 1.82) is 0 Å². The van der Waals surface area contributed by atoms with Gasteiger partial charge in [0.1, 0.15) is 6.04 Å². The zero-order chi connectivity index (χ0) is 22.3. The number of alkyl halides is 1. The minimum atomic E-state index is -1.16. The number of amides is 2. The molecule has 0 spiro atoms. The first kappa shape index (κ1) is 21.0. The van der Waals surface area contributed by atoms with Crippen LogP contribution in [-0.4, -0.2) is 53.6 Å². The van der Waals surface area contributed by atoms with Gasteiger partial charge in [-0.05, 0) is 40.8 Å². The number of carboxylic acid groups (broad SMARTS) is 1. The molecule has 1 aliphatic carbocycles. The second kappa shape index (κ2) is 7.80. The van der Waals surface area contributed by atoms with E-state index in [0.29, 0.717) is 5.56 Å². The number of carbonyl (C=O) groups is 3. The van der Waals surface area contributed by atoms with Gasteiger partial charge in [-0.25, -0.2) is 4.79 Å². The van der Waals surface area contributed by atoms with Gasteiger partial charge in [0.15, 0.2) is 0 Å². The summed E-state index contributed by atoms with van der Waals surface area (Å²) in [6.07, 6.45) is 0.0888. The molecule has 1 saturated heterocycles. The number of hydrogen-bond acceptors (Lipinski definition) is 3. The van der Waals surface area contributed by atoms with Gasteiger partial charge in [0, 0.05) is 23.4 Å². The van der Waals surface area contributed by atoms with Gasteiger partial charge in [-0.15, -0.1) is 0 Å². The Balaban J connectivity index is 1.49. The van der Waals surface area contributed by atoms with Crippen molar-refractivity contribution < 1.29 is 23.9 Å². The maximum Gasteiger partial charge on any atom is 0.326 e. The zero-order valence-electron chi connectivity index (χ0n) is 17.5. The van der Waals surface area contributed by atoms with Gasteiger partial charge in [-0.2, -0.15) is 0 Å². The van der Waals surface area contributed by atoms with E-state index in [4.69, 9.17) is 0 Å². The van der Waals surface area contributed by atoms with Crippen LogP contribution in [0.4, 0.5) is 4.39 Å². The number of halogens is 1. The van der Waals surface area contributed by atoms with Gasteiger partial charge in [0.25, 0.3) is 5.91 Å². The van der Waals surface area contributed by atoms with E-state index < -0.39 is 36.4 Å². The van der Waals surface area contributed by atoms with Crippen LogP contribution in [0.3, 0.4) is 0 Å². The lowest BCUT2D eigenvalue weighted by atomic mass is 9.82. The van der Waals surface area contributed by atoms with Crippen LogP contribution < -0.4 is 5.32 Å². The summed E-state index contributed by atoms with van der Waals surface area (Å²) in [5, 5.41) is 11.9. The highest BCUT2D eigenvalue weighted by atomic mass is 19.1. The topological polar surface area (TPSA) is 86.7 Å². The van der Waals surface area contributed by atoms with E-state index in [-0.39, 0.29) is 24.9 Å². The number of hydrogen-bond donors (Lipinski definition) is 2. The fourth-order valence-electron chi connectivity index (χ4n) is 4.77. The highest BCUT2D eigenvalue weighted by Crippen LogP contribution is 2.48. The number of rotatable bonds is 5. The molecule has 31 heavy (non-hydrogen) atoms. The van der Waals surface area contributed by atoms with Crippen molar-refractivity contribution >= 4 is 17.8 Å². The van der Waals surface area contributed by atoms with Crippen LogP contribution in [0.15, 0.2) is 42.5 Å². The van der Waals surface area contributed by atoms with Gasteiger partial charge in [-0.3, -0.25) is 14.0 Å². The Morgan fingerprint density at radius 1 is 1.13 bits per heavy atom. The summed E-state index contributed by atoms with van der Waals surface area (Å²) in [7, 11) is 0. The monoisotopic (exact) mass is 424 g/mol. The Morgan fingerprint density at radius 3 is 2.55 bits per heavy atom. The molecule has 2 aromatic carbocycles. The Bertz CT molecular complexity index is 1070. The SMILES string of the molecule is CC1(C)c2ccccc2-c2cc(C(=O)NCC(=O)N3C[C@@H](CF)C[C@H]3C(=O)O)ccc21. The zero-order valence-corrected chi connectivity index (χ0v) is 17.5. The molecule has 4 rings (SSSR count). The average Bonchev–Trinajstić information content (AvgIpc) is 3.30. The second-order valence-corrected chi connectivity index (χ2v) is 8.77. The van der Waals surface area contributed by atoms with Gasteiger partial charge in [0.05, 0.1) is 13.2 Å². The van der Waals surface area contributed by atoms with Gasteiger partial charge >= 0.3 is 5.97 Å². The molecule has 1 heterocycles. The van der Waals surface area contributed by atoms with Gasteiger partial charge < -0.3 is 15.3 Å². The standard InChI is InChI=1S/C24H25FN2O4/c1-24(2)18-6-4-3-5-16(18)17-10-15(7-8-19(17)24)22(29)26-12-21(28)27-13-14(11-25)9-20(27)23(30)31/h3-8,10,14,20H,9,11-13H2,1-2H3,(H,26,29)(H,30,31)/t14-,20+/m1/s1. The molecular formula is C24H25FN2O4. The highest BCUT2D eigenvalue weighted by Gasteiger charge is 2.39. The molecule has 2 N–H and O–H groups in total. The van der Waals surface area contributed by atoms with E-state index in [2.05, 4.69) is 25.2 Å². The van der Waals surface area contributed by atoms with Crippen LogP contribution in [0, 0.1) is 5.92 Å². The van der Waals surface area contributed by atoms with E-state index in [1.54, 1.807) is 6.07 Å². The van der Waals surface area contributed by atoms with Crippen molar-refractivity contribution in [1.82, 2.24) is 10.2 Å². The molecule has 7 heteroatoms. The molecule has 1 aliphatic heterocycles. The quantitative estimate of drug-likeness (QED) is 0.773. The van der Waals surface area contributed by atoms with Gasteiger partial charge in [0.2, 0.25) is 5.91 Å². The van der Waals surface area contributed by atoms with E-state index >= 15 is 0 Å². The lowest BCUT2D eigenvalue weighted by Gasteiger charge is -2.22. The fraction of sp³-hybridized carbons (Fsp3) is 0.375. The molecule has 0 aromatic heterocycles. The fourth-order valence-corrected chi connectivity index (χ4v) is 4.77. The maximum absolute atomic E-state index is 13.0. The molecule has 0 bridgehead atoms. The molecule has 2 atom stereocenters. The number of nitrogens with one attached hydrogen (secondary N) is 1. The molecule has 2 aromatic rings. The number of carboxylic acids is 1. The third kappa shape index (κ3) is 3.58. The third-order valence-electron chi connectivity index (χ3n) is 6.46. The smallest absolute Gasteiger partial charge is 0.326 e. The lowest BCUT2D eigenvalue weighted by molar-refractivity contribution is -0.147. The van der Waals surface area contributed by atoms with Gasteiger partial charge in [-0.1, -0.05) is 44.2 Å². The number of carbonyl (C=O) groups excluding carboxylic acids is 2. The summed E-state index contributed by atoms with van der Waals surface area (Å²) in [4.78, 5) is 37.8. The predicted molar refractivity (Wildman–Crippen MR) is 114 cm³/mol. The minimum Gasteiger partial charge on any atom is -0.480 e. The molecule has 1 fully saturated rings. The summed E-state index contributed by atoms with van der Waals surface area (Å²) >= 11 is 0. The van der Waals surface area contributed by atoms with Crippen molar-refractivity contribution in [3.8, 4) is 11.1 Å². The van der Waals surface area contributed by atoms with E-state index in [0.717, 1.165) is 21.6 Å². The van der Waals surface area contributed by atoms with Crippen LogP contribution in [0.2, 0.25) is 0 Å². The van der Waals surface area contributed by atoms with Crippen molar-refractivity contribution in [2.75, 3.05) is 19.8 Å². The highest BCUT2D eigenvalue weighted by molar-refractivity contribution is 5.99. The summed E-state index contributed by atoms with van der Waals surface area (Å²) < 4.78 is 13.0. The van der Waals surface area contributed by atoms with Crippen LogP contribution in [-0.2, 0) is 15.0 Å². The molecule has 2 aliphatic rings. The average molecular weight is 424 g/mol. The third-order valence-corrected chi connectivity index (χ3v) is 6.46. The minimum absolute atomic E-state index is 0.0485. The van der Waals surface area contributed by atoms with E-state index in [1.165, 1.54) is 5.56 Å². The Kier molecular flexibility index (Phi) is 5.29. The second-order valence-electron chi connectivity index (χ2n) is 8.77. The number of aliphatic carboxylic acids is 1. The summed E-state index contributed by atoms with van der Waals surface area (Å²) in [6.45, 7) is 3.34. The van der Waals surface area contributed by atoms with Crippen LogP contribution >= 0.6 is 0 Å². The van der Waals surface area contributed by atoms with Crippen molar-refractivity contribution in [3.63, 3.8) is 0 Å². The summed E-state index contributed by atoms with van der Waals surface area (Å²) in [6, 6.07) is 12.6.